The van der Waals surface area contributed by atoms with Gasteiger partial charge in [0.1, 0.15) is 12.7 Å². The maximum atomic E-state index is 9.47. The van der Waals surface area contributed by atoms with Gasteiger partial charge >= 0.3 is 0 Å². The Hall–Kier alpha value is -1.65. The van der Waals surface area contributed by atoms with Crippen molar-refractivity contribution in [3.63, 3.8) is 0 Å². The van der Waals surface area contributed by atoms with Crippen molar-refractivity contribution in [1.29, 1.82) is 0 Å². The Morgan fingerprint density at radius 2 is 2.40 bits per heavy atom. The predicted octanol–water partition coefficient (Wildman–Crippen LogP) is -0.538. The summed E-state index contributed by atoms with van der Waals surface area (Å²) in [5.74, 6) is -0.481. The van der Waals surface area contributed by atoms with E-state index in [1.54, 1.807) is 0 Å². The Bertz CT molecular complexity index is 164. The van der Waals surface area contributed by atoms with Gasteiger partial charge in [-0.1, -0.05) is 6.58 Å². The summed E-state index contributed by atoms with van der Waals surface area (Å²) in [6.07, 6.45) is 4.01. The first-order valence-electron chi connectivity index (χ1n) is 2.48. The van der Waals surface area contributed by atoms with E-state index < -0.39 is 5.91 Å². The lowest BCUT2D eigenvalue weighted by molar-refractivity contribution is -0.113. The minimum Gasteiger partial charge on any atom is -0.366 e. The summed E-state index contributed by atoms with van der Waals surface area (Å²) in [6, 6.07) is 0. The lowest BCUT2D eigenvalue weighted by Gasteiger charge is -1.65. The largest absolute Gasteiger partial charge is 0.366 e. The molecule has 0 saturated carbocycles. The maximum absolute atomic E-state index is 9.47. The standard InChI is InChI=1S/C3H5NO.C2H3N3/c1-2-3(4)5;1-3-2-5-4-1/h2H,1H2,(H2,4,5);1-2H,(H,3,4,5). The SMILES string of the molecule is C=CC(N)=O.c1nc[nH]n1. The Kier molecular flexibility index (Phi) is 4.58. The fourth-order valence-electron chi connectivity index (χ4n) is 0.167. The molecule has 1 aromatic rings. The molecule has 10 heavy (non-hydrogen) atoms. The van der Waals surface area contributed by atoms with Crippen molar-refractivity contribution >= 4 is 5.91 Å². The molecule has 0 radical (unpaired) electrons. The number of nitrogens with zero attached hydrogens (tertiary/aromatic N) is 2. The maximum Gasteiger partial charge on any atom is 0.240 e. The minimum absolute atomic E-state index is 0.481. The molecule has 1 rings (SSSR count). The van der Waals surface area contributed by atoms with Crippen LogP contribution in [0, 0.1) is 0 Å². The number of amides is 1. The molecule has 1 amide bonds. The van der Waals surface area contributed by atoms with Crippen molar-refractivity contribution in [3.8, 4) is 0 Å². The van der Waals surface area contributed by atoms with Gasteiger partial charge in [-0.05, 0) is 6.08 Å². The quantitative estimate of drug-likeness (QED) is 0.514. The number of aromatic amines is 1. The Balaban J connectivity index is 0.000000162. The molecule has 54 valence electrons. The molecule has 0 unspecified atom stereocenters. The number of nitrogens with one attached hydrogen (secondary N) is 1. The summed E-state index contributed by atoms with van der Waals surface area (Å²) in [7, 11) is 0. The number of rotatable bonds is 1. The smallest absolute Gasteiger partial charge is 0.240 e. The number of carbonyl (C=O) groups excluding carboxylic acids is 1. The van der Waals surface area contributed by atoms with Gasteiger partial charge in [-0.2, -0.15) is 5.10 Å². The average Bonchev–Trinajstić information content (AvgIpc) is 2.43. The fraction of sp³-hybridized carbons (Fsp3) is 0. The van der Waals surface area contributed by atoms with Crippen molar-refractivity contribution < 1.29 is 4.79 Å². The molecule has 3 N–H and O–H groups in total. The van der Waals surface area contributed by atoms with E-state index in [-0.39, 0.29) is 0 Å². The van der Waals surface area contributed by atoms with Crippen molar-refractivity contribution in [3.05, 3.63) is 25.3 Å². The number of H-pyrrole nitrogens is 1. The second-order valence-corrected chi connectivity index (χ2v) is 1.26. The number of hydrogen-bond acceptors (Lipinski definition) is 3. The number of nitrogens with two attached hydrogens (primary N) is 1. The first-order chi connectivity index (χ1) is 4.77. The topological polar surface area (TPSA) is 84.7 Å². The zero-order chi connectivity index (χ0) is 7.82. The van der Waals surface area contributed by atoms with Crippen LogP contribution in [0.1, 0.15) is 0 Å². The van der Waals surface area contributed by atoms with Gasteiger partial charge in [0.2, 0.25) is 5.91 Å². The zero-order valence-electron chi connectivity index (χ0n) is 5.32. The number of hydrogen-bond donors (Lipinski definition) is 2. The molecule has 0 bridgehead atoms. The van der Waals surface area contributed by atoms with E-state index in [0.29, 0.717) is 0 Å². The third kappa shape index (κ3) is 6.35. The van der Waals surface area contributed by atoms with Crippen molar-refractivity contribution in [2.24, 2.45) is 5.73 Å². The Morgan fingerprint density at radius 3 is 2.50 bits per heavy atom. The van der Waals surface area contributed by atoms with E-state index in [0.717, 1.165) is 6.08 Å². The van der Waals surface area contributed by atoms with E-state index in [1.807, 2.05) is 0 Å². The van der Waals surface area contributed by atoms with Gasteiger partial charge < -0.3 is 5.73 Å². The molecule has 1 aromatic heterocycles. The van der Waals surface area contributed by atoms with Crippen LogP contribution < -0.4 is 5.73 Å². The molecule has 0 aliphatic heterocycles. The highest BCUT2D eigenvalue weighted by atomic mass is 16.1. The van der Waals surface area contributed by atoms with Crippen molar-refractivity contribution in [1.82, 2.24) is 15.2 Å². The molecule has 0 aliphatic carbocycles. The molecular weight excluding hydrogens is 132 g/mol. The molecule has 5 heteroatoms. The van der Waals surface area contributed by atoms with Crippen LogP contribution in [0.2, 0.25) is 0 Å². The lowest BCUT2D eigenvalue weighted by Crippen LogP contribution is -2.04. The van der Waals surface area contributed by atoms with Crippen LogP contribution >= 0.6 is 0 Å². The van der Waals surface area contributed by atoms with E-state index >= 15 is 0 Å². The highest BCUT2D eigenvalue weighted by molar-refractivity contribution is 5.84. The van der Waals surface area contributed by atoms with Gasteiger partial charge in [0.25, 0.3) is 0 Å². The zero-order valence-corrected chi connectivity index (χ0v) is 5.32. The fourth-order valence-corrected chi connectivity index (χ4v) is 0.167. The Morgan fingerprint density at radius 1 is 1.80 bits per heavy atom. The molecule has 0 saturated heterocycles. The summed E-state index contributed by atoms with van der Waals surface area (Å²) >= 11 is 0. The molecule has 1 heterocycles. The molecule has 0 atom stereocenters. The van der Waals surface area contributed by atoms with Gasteiger partial charge in [0.15, 0.2) is 0 Å². The van der Waals surface area contributed by atoms with Crippen LogP contribution in [-0.2, 0) is 4.79 Å². The van der Waals surface area contributed by atoms with Crippen LogP contribution in [0.4, 0.5) is 0 Å². The third-order valence-corrected chi connectivity index (χ3v) is 0.532. The molecule has 0 fully saturated rings. The van der Waals surface area contributed by atoms with Crippen molar-refractivity contribution in [2.75, 3.05) is 0 Å². The average molecular weight is 140 g/mol. The first kappa shape index (κ1) is 8.35. The highest BCUT2D eigenvalue weighted by Gasteiger charge is 1.69. The Labute approximate surface area is 58.0 Å². The van der Waals surface area contributed by atoms with Crippen LogP contribution in [0.5, 0.6) is 0 Å². The van der Waals surface area contributed by atoms with Crippen molar-refractivity contribution in [2.45, 2.75) is 0 Å². The summed E-state index contributed by atoms with van der Waals surface area (Å²) in [5.41, 5.74) is 4.53. The minimum atomic E-state index is -0.481. The first-order valence-corrected chi connectivity index (χ1v) is 2.48. The molecular formula is C5H8N4O. The summed E-state index contributed by atoms with van der Waals surface area (Å²) in [4.78, 5) is 13.0. The van der Waals surface area contributed by atoms with Crippen LogP contribution in [0.25, 0.3) is 0 Å². The summed E-state index contributed by atoms with van der Waals surface area (Å²) in [5, 5.41) is 5.99. The molecule has 5 nitrogen and oxygen atoms in total. The van der Waals surface area contributed by atoms with Crippen LogP contribution in [0.15, 0.2) is 25.3 Å². The van der Waals surface area contributed by atoms with E-state index in [4.69, 9.17) is 0 Å². The highest BCUT2D eigenvalue weighted by Crippen LogP contribution is 1.53. The monoisotopic (exact) mass is 140 g/mol. The summed E-state index contributed by atoms with van der Waals surface area (Å²) < 4.78 is 0. The summed E-state index contributed by atoms with van der Waals surface area (Å²) in [6.45, 7) is 3.09. The van der Waals surface area contributed by atoms with Gasteiger partial charge in [-0.15, -0.1) is 0 Å². The molecule has 0 aliphatic rings. The van der Waals surface area contributed by atoms with Gasteiger partial charge in [0, 0.05) is 0 Å². The van der Waals surface area contributed by atoms with E-state index in [9.17, 15) is 4.79 Å². The van der Waals surface area contributed by atoms with Gasteiger partial charge in [-0.3, -0.25) is 9.89 Å². The van der Waals surface area contributed by atoms with Crippen LogP contribution in [-0.4, -0.2) is 21.1 Å². The predicted molar refractivity (Wildman–Crippen MR) is 35.8 cm³/mol. The van der Waals surface area contributed by atoms with E-state index in [1.165, 1.54) is 12.7 Å². The lowest BCUT2D eigenvalue weighted by atomic mass is 10.6. The third-order valence-electron chi connectivity index (χ3n) is 0.532. The number of carbonyl (C=O) groups is 1. The van der Waals surface area contributed by atoms with Gasteiger partial charge in [-0.25, -0.2) is 4.98 Å². The van der Waals surface area contributed by atoms with Crippen LogP contribution in [0.3, 0.4) is 0 Å². The second kappa shape index (κ2) is 5.49. The molecule has 0 aromatic carbocycles. The number of aromatic nitrogens is 3. The number of primary amides is 1. The van der Waals surface area contributed by atoms with E-state index in [2.05, 4.69) is 27.5 Å². The normalized spacial score (nSPS) is 7.20. The van der Waals surface area contributed by atoms with Gasteiger partial charge in [0.05, 0.1) is 0 Å². The second-order valence-electron chi connectivity index (χ2n) is 1.26. The molecule has 0 spiro atoms.